The first-order valence-corrected chi connectivity index (χ1v) is 9.99. The Morgan fingerprint density at radius 1 is 1.35 bits per heavy atom. The molecular formula is C21H20ClN7O2. The molecule has 31 heavy (non-hydrogen) atoms. The number of amides is 1. The molecule has 4 rings (SSSR count). The summed E-state index contributed by atoms with van der Waals surface area (Å²) in [6.45, 7) is 5.01. The SMILES string of the molecule is C=CC(=O)Nc1ccc2c(N3CCC(C=Nc4ncc(Cl)cn4)C3)nc(OC)nc2c1. The molecule has 3 heterocycles. The Kier molecular flexibility index (Phi) is 6.03. The first-order valence-electron chi connectivity index (χ1n) is 9.61. The van der Waals surface area contributed by atoms with Crippen LogP contribution in [0, 0.1) is 5.92 Å². The molecule has 0 radical (unpaired) electrons. The first kappa shape index (κ1) is 20.7. The molecule has 1 amide bonds. The van der Waals surface area contributed by atoms with Gasteiger partial charge in [0.2, 0.25) is 11.9 Å². The standard InChI is InChI=1S/C21H20ClN7O2/c1-3-18(30)26-15-4-5-16-17(8-15)27-21(31-2)28-19(16)29-7-6-13(12-29)9-23-20-24-10-14(22)11-25-20/h3-5,8-11,13H,1,6-7,12H2,2H3,(H,26,30). The van der Waals surface area contributed by atoms with Crippen molar-refractivity contribution in [2.45, 2.75) is 6.42 Å². The number of hydrogen-bond acceptors (Lipinski definition) is 8. The lowest BCUT2D eigenvalue weighted by Crippen LogP contribution is -2.22. The summed E-state index contributed by atoms with van der Waals surface area (Å²) >= 11 is 5.81. The van der Waals surface area contributed by atoms with Gasteiger partial charge in [0.25, 0.3) is 0 Å². The number of aromatic nitrogens is 4. The molecule has 0 bridgehead atoms. The van der Waals surface area contributed by atoms with Crippen LogP contribution < -0.4 is 15.0 Å². The van der Waals surface area contributed by atoms with Gasteiger partial charge in [0.05, 0.1) is 30.0 Å². The maximum atomic E-state index is 11.6. The number of anilines is 2. The fourth-order valence-corrected chi connectivity index (χ4v) is 3.44. The third-order valence-electron chi connectivity index (χ3n) is 4.82. The molecular weight excluding hydrogens is 418 g/mol. The minimum atomic E-state index is -0.285. The molecule has 1 aliphatic rings. The van der Waals surface area contributed by atoms with Gasteiger partial charge in [0.15, 0.2) is 0 Å². The average molecular weight is 438 g/mol. The topological polar surface area (TPSA) is 105 Å². The number of aliphatic imine (C=N–C) groups is 1. The number of halogens is 1. The zero-order chi connectivity index (χ0) is 21.8. The Labute approximate surface area is 183 Å². The van der Waals surface area contributed by atoms with Gasteiger partial charge in [-0.05, 0) is 30.7 Å². The Morgan fingerprint density at radius 3 is 2.90 bits per heavy atom. The number of ether oxygens (including phenoxy) is 1. The monoisotopic (exact) mass is 437 g/mol. The number of fused-ring (bicyclic) bond motifs is 1. The van der Waals surface area contributed by atoms with E-state index in [9.17, 15) is 4.79 Å². The second-order valence-electron chi connectivity index (χ2n) is 6.93. The van der Waals surface area contributed by atoms with Crippen LogP contribution in [-0.2, 0) is 4.79 Å². The molecule has 1 atom stereocenters. The molecule has 1 aromatic carbocycles. The zero-order valence-corrected chi connectivity index (χ0v) is 17.6. The Hall–Kier alpha value is -3.59. The Morgan fingerprint density at radius 2 is 2.16 bits per heavy atom. The van der Waals surface area contributed by atoms with Crippen molar-refractivity contribution in [1.82, 2.24) is 19.9 Å². The number of nitrogens with zero attached hydrogens (tertiary/aromatic N) is 6. The van der Waals surface area contributed by atoms with Gasteiger partial charge in [-0.1, -0.05) is 18.2 Å². The smallest absolute Gasteiger partial charge is 0.318 e. The van der Waals surface area contributed by atoms with Gasteiger partial charge in [-0.2, -0.15) is 9.97 Å². The van der Waals surface area contributed by atoms with Gasteiger partial charge in [-0.15, -0.1) is 0 Å². The van der Waals surface area contributed by atoms with Crippen LogP contribution in [0.1, 0.15) is 6.42 Å². The van der Waals surface area contributed by atoms with Gasteiger partial charge >= 0.3 is 6.01 Å². The number of hydrogen-bond donors (Lipinski definition) is 1. The van der Waals surface area contributed by atoms with Crippen LogP contribution in [-0.4, -0.2) is 52.3 Å². The van der Waals surface area contributed by atoms with Crippen molar-refractivity contribution in [3.63, 3.8) is 0 Å². The first-order chi connectivity index (χ1) is 15.1. The summed E-state index contributed by atoms with van der Waals surface area (Å²) in [6, 6.07) is 5.76. The molecule has 9 nitrogen and oxygen atoms in total. The van der Waals surface area contributed by atoms with Crippen molar-refractivity contribution in [2.75, 3.05) is 30.4 Å². The number of rotatable bonds is 6. The fourth-order valence-electron chi connectivity index (χ4n) is 3.34. The predicted molar refractivity (Wildman–Crippen MR) is 120 cm³/mol. The van der Waals surface area contributed by atoms with Crippen LogP contribution in [0.2, 0.25) is 5.02 Å². The summed E-state index contributed by atoms with van der Waals surface area (Å²) in [7, 11) is 1.53. The van der Waals surface area contributed by atoms with E-state index in [4.69, 9.17) is 16.3 Å². The third kappa shape index (κ3) is 4.77. The van der Waals surface area contributed by atoms with Gasteiger partial charge < -0.3 is 15.0 Å². The highest BCUT2D eigenvalue weighted by Crippen LogP contribution is 2.31. The van der Waals surface area contributed by atoms with Gasteiger partial charge in [-0.25, -0.2) is 15.0 Å². The molecule has 1 fully saturated rings. The highest BCUT2D eigenvalue weighted by Gasteiger charge is 2.25. The molecule has 1 aliphatic heterocycles. The van der Waals surface area contributed by atoms with Crippen molar-refractivity contribution in [3.8, 4) is 6.01 Å². The number of methoxy groups -OCH3 is 1. The van der Waals surface area contributed by atoms with E-state index in [-0.39, 0.29) is 17.8 Å². The lowest BCUT2D eigenvalue weighted by atomic mass is 10.1. The molecule has 1 unspecified atom stereocenters. The van der Waals surface area contributed by atoms with Crippen LogP contribution in [0.4, 0.5) is 17.5 Å². The van der Waals surface area contributed by atoms with Crippen LogP contribution in [0.5, 0.6) is 6.01 Å². The summed E-state index contributed by atoms with van der Waals surface area (Å²) in [6.07, 6.45) is 7.04. The molecule has 0 aliphatic carbocycles. The summed E-state index contributed by atoms with van der Waals surface area (Å²) in [5.41, 5.74) is 1.30. The predicted octanol–water partition coefficient (Wildman–Crippen LogP) is 3.44. The van der Waals surface area contributed by atoms with E-state index < -0.39 is 0 Å². The number of nitrogens with one attached hydrogen (secondary N) is 1. The molecule has 3 aromatic rings. The van der Waals surface area contributed by atoms with Gasteiger partial charge in [0, 0.05) is 36.3 Å². The maximum Gasteiger partial charge on any atom is 0.318 e. The van der Waals surface area contributed by atoms with Gasteiger partial charge in [0.1, 0.15) is 5.82 Å². The second kappa shape index (κ2) is 9.05. The summed E-state index contributed by atoms with van der Waals surface area (Å²) in [5.74, 6) is 1.10. The Bertz CT molecular complexity index is 1150. The lowest BCUT2D eigenvalue weighted by molar-refractivity contribution is -0.111. The average Bonchev–Trinajstić information content (AvgIpc) is 3.26. The van der Waals surface area contributed by atoms with Crippen molar-refractivity contribution < 1.29 is 9.53 Å². The molecule has 0 spiro atoms. The lowest BCUT2D eigenvalue weighted by Gasteiger charge is -2.19. The summed E-state index contributed by atoms with van der Waals surface area (Å²) in [5, 5.41) is 4.09. The van der Waals surface area contributed by atoms with E-state index in [1.165, 1.54) is 25.6 Å². The summed E-state index contributed by atoms with van der Waals surface area (Å²) in [4.78, 5) is 35.3. The summed E-state index contributed by atoms with van der Waals surface area (Å²) < 4.78 is 5.30. The largest absolute Gasteiger partial charge is 0.467 e. The van der Waals surface area contributed by atoms with Crippen molar-refractivity contribution in [3.05, 3.63) is 48.3 Å². The third-order valence-corrected chi connectivity index (χ3v) is 5.02. The number of carbonyl (C=O) groups excluding carboxylic acids is 1. The normalized spacial score (nSPS) is 16.1. The van der Waals surface area contributed by atoms with Crippen molar-refractivity contribution >= 4 is 52.1 Å². The van der Waals surface area contributed by atoms with E-state index >= 15 is 0 Å². The fraction of sp³-hybridized carbons (Fsp3) is 0.238. The molecule has 0 saturated carbocycles. The Balaban J connectivity index is 1.57. The van der Waals surface area contributed by atoms with E-state index in [0.29, 0.717) is 22.2 Å². The maximum absolute atomic E-state index is 11.6. The molecule has 158 valence electrons. The highest BCUT2D eigenvalue weighted by molar-refractivity contribution is 6.30. The molecule has 10 heteroatoms. The zero-order valence-electron chi connectivity index (χ0n) is 16.8. The second-order valence-corrected chi connectivity index (χ2v) is 7.37. The van der Waals surface area contributed by atoms with E-state index in [1.807, 2.05) is 18.3 Å². The van der Waals surface area contributed by atoms with Gasteiger partial charge in [-0.3, -0.25) is 4.79 Å². The van der Waals surface area contributed by atoms with Crippen LogP contribution in [0.3, 0.4) is 0 Å². The molecule has 1 N–H and O–H groups in total. The minimum absolute atomic E-state index is 0.224. The van der Waals surface area contributed by atoms with Crippen LogP contribution in [0.15, 0.2) is 48.2 Å². The van der Waals surface area contributed by atoms with Crippen molar-refractivity contribution in [2.24, 2.45) is 10.9 Å². The number of carbonyl (C=O) groups is 1. The number of benzene rings is 1. The molecule has 2 aromatic heterocycles. The van der Waals surface area contributed by atoms with Crippen molar-refractivity contribution in [1.29, 1.82) is 0 Å². The highest BCUT2D eigenvalue weighted by atomic mass is 35.5. The quantitative estimate of drug-likeness (QED) is 0.465. The van der Waals surface area contributed by atoms with Crippen LogP contribution in [0.25, 0.3) is 10.9 Å². The van der Waals surface area contributed by atoms with E-state index in [0.717, 1.165) is 30.7 Å². The minimum Gasteiger partial charge on any atom is -0.467 e. The van der Waals surface area contributed by atoms with Crippen LogP contribution >= 0.6 is 11.6 Å². The van der Waals surface area contributed by atoms with E-state index in [2.05, 4.69) is 41.7 Å². The molecule has 1 saturated heterocycles. The van der Waals surface area contributed by atoms with E-state index in [1.54, 1.807) is 6.07 Å².